The normalized spacial score (nSPS) is 30.6. The number of fused-ring (bicyclic) bond motifs is 2. The first-order valence-electron chi connectivity index (χ1n) is 7.05. The van der Waals surface area contributed by atoms with Crippen molar-refractivity contribution in [2.45, 2.75) is 38.6 Å². The van der Waals surface area contributed by atoms with Crippen LogP contribution in [0.25, 0.3) is 0 Å². The Kier molecular flexibility index (Phi) is 3.34. The van der Waals surface area contributed by atoms with E-state index in [1.54, 1.807) is 6.07 Å². The summed E-state index contributed by atoms with van der Waals surface area (Å²) in [5.41, 5.74) is 7.03. The first kappa shape index (κ1) is 13.0. The Hall–Kier alpha value is -0.960. The molecule has 4 unspecified atom stereocenters. The molecule has 2 nitrogen and oxygen atoms in total. The van der Waals surface area contributed by atoms with Gasteiger partial charge in [0.15, 0.2) is 0 Å². The van der Waals surface area contributed by atoms with Crippen LogP contribution in [0.5, 0.6) is 0 Å². The Labute approximate surface area is 118 Å². The van der Waals surface area contributed by atoms with Crippen molar-refractivity contribution < 1.29 is 4.39 Å². The SMILES string of the molecule is CC(Nc1cc(Cl)c(F)cc1N)C1CC2CCC1C2. The van der Waals surface area contributed by atoms with Gasteiger partial charge in [-0.05, 0) is 50.0 Å². The summed E-state index contributed by atoms with van der Waals surface area (Å²) in [5, 5.41) is 3.55. The van der Waals surface area contributed by atoms with E-state index in [4.69, 9.17) is 17.3 Å². The predicted octanol–water partition coefficient (Wildman–Crippen LogP) is 4.30. The summed E-state index contributed by atoms with van der Waals surface area (Å²) in [7, 11) is 0. The van der Waals surface area contributed by atoms with Gasteiger partial charge in [-0.3, -0.25) is 0 Å². The average Bonchev–Trinajstić information content (AvgIpc) is 2.98. The van der Waals surface area contributed by atoms with Crippen molar-refractivity contribution in [3.63, 3.8) is 0 Å². The standard InChI is InChI=1S/C15H20ClFN2/c1-8(11-5-9-2-3-10(11)4-9)19-15-6-12(16)13(17)7-14(15)18/h6-11,19H,2-5,18H2,1H3. The molecule has 0 saturated heterocycles. The van der Waals surface area contributed by atoms with Crippen molar-refractivity contribution in [1.82, 2.24) is 0 Å². The Morgan fingerprint density at radius 3 is 2.79 bits per heavy atom. The van der Waals surface area contributed by atoms with Crippen molar-refractivity contribution in [3.05, 3.63) is 23.0 Å². The van der Waals surface area contributed by atoms with Gasteiger partial charge < -0.3 is 11.1 Å². The summed E-state index contributed by atoms with van der Waals surface area (Å²) in [6, 6.07) is 3.24. The van der Waals surface area contributed by atoms with Crippen molar-refractivity contribution in [1.29, 1.82) is 0 Å². The molecule has 2 fully saturated rings. The van der Waals surface area contributed by atoms with Gasteiger partial charge in [-0.25, -0.2) is 4.39 Å². The quantitative estimate of drug-likeness (QED) is 0.811. The fourth-order valence-electron chi connectivity index (χ4n) is 3.95. The Morgan fingerprint density at radius 2 is 2.16 bits per heavy atom. The van der Waals surface area contributed by atoms with Crippen LogP contribution >= 0.6 is 11.6 Å². The second kappa shape index (κ2) is 4.86. The van der Waals surface area contributed by atoms with Gasteiger partial charge in [0, 0.05) is 12.1 Å². The van der Waals surface area contributed by atoms with Crippen LogP contribution in [-0.4, -0.2) is 6.04 Å². The van der Waals surface area contributed by atoms with E-state index in [2.05, 4.69) is 12.2 Å². The third kappa shape index (κ3) is 2.40. The predicted molar refractivity (Wildman–Crippen MR) is 77.8 cm³/mol. The lowest BCUT2D eigenvalue weighted by molar-refractivity contribution is 0.304. The highest BCUT2D eigenvalue weighted by molar-refractivity contribution is 6.31. The van der Waals surface area contributed by atoms with Crippen LogP contribution in [0.15, 0.2) is 12.1 Å². The van der Waals surface area contributed by atoms with E-state index in [9.17, 15) is 4.39 Å². The molecule has 19 heavy (non-hydrogen) atoms. The number of nitrogens with two attached hydrogens (primary N) is 1. The zero-order valence-corrected chi connectivity index (χ0v) is 11.9. The van der Waals surface area contributed by atoms with Gasteiger partial charge >= 0.3 is 0 Å². The molecule has 104 valence electrons. The summed E-state index contributed by atoms with van der Waals surface area (Å²) in [5.74, 6) is 2.03. The molecule has 0 heterocycles. The number of anilines is 2. The van der Waals surface area contributed by atoms with Crippen molar-refractivity contribution >= 4 is 23.0 Å². The lowest BCUT2D eigenvalue weighted by Crippen LogP contribution is -2.30. The maximum atomic E-state index is 13.3. The number of benzene rings is 1. The third-order valence-corrected chi connectivity index (χ3v) is 5.20. The molecule has 2 bridgehead atoms. The van der Waals surface area contributed by atoms with Gasteiger partial charge in [-0.15, -0.1) is 0 Å². The number of hydrogen-bond acceptors (Lipinski definition) is 2. The first-order chi connectivity index (χ1) is 9.04. The van der Waals surface area contributed by atoms with Gasteiger partial charge in [0.1, 0.15) is 5.82 Å². The van der Waals surface area contributed by atoms with Crippen molar-refractivity contribution in [2.75, 3.05) is 11.1 Å². The minimum atomic E-state index is -0.461. The largest absolute Gasteiger partial charge is 0.397 e. The molecule has 1 aromatic rings. The van der Waals surface area contributed by atoms with Gasteiger partial charge in [-0.1, -0.05) is 18.0 Å². The topological polar surface area (TPSA) is 38.0 Å². The monoisotopic (exact) mass is 282 g/mol. The average molecular weight is 283 g/mol. The van der Waals surface area contributed by atoms with Crippen LogP contribution in [0.1, 0.15) is 32.6 Å². The molecule has 1 aromatic carbocycles. The molecular weight excluding hydrogens is 263 g/mol. The number of hydrogen-bond donors (Lipinski definition) is 2. The first-order valence-corrected chi connectivity index (χ1v) is 7.43. The molecule has 0 radical (unpaired) electrons. The second-order valence-corrected chi connectivity index (χ2v) is 6.53. The molecule has 2 saturated carbocycles. The molecule has 0 spiro atoms. The maximum Gasteiger partial charge on any atom is 0.143 e. The third-order valence-electron chi connectivity index (χ3n) is 4.91. The van der Waals surface area contributed by atoms with Crippen molar-refractivity contribution in [3.8, 4) is 0 Å². The second-order valence-electron chi connectivity index (χ2n) is 6.13. The summed E-state index contributed by atoms with van der Waals surface area (Å²) in [6.07, 6.45) is 5.46. The van der Waals surface area contributed by atoms with E-state index in [0.29, 0.717) is 17.6 Å². The Bertz CT molecular complexity index is 491. The Balaban J connectivity index is 1.73. The molecular formula is C15H20ClFN2. The minimum Gasteiger partial charge on any atom is -0.397 e. The number of nitrogens with one attached hydrogen (secondary N) is 1. The fourth-order valence-corrected chi connectivity index (χ4v) is 4.11. The molecule has 2 aliphatic carbocycles. The van der Waals surface area contributed by atoms with Crippen LogP contribution < -0.4 is 11.1 Å². The molecule has 0 amide bonds. The van der Waals surface area contributed by atoms with Crippen LogP contribution in [0, 0.1) is 23.6 Å². The zero-order valence-electron chi connectivity index (χ0n) is 11.1. The molecule has 4 heteroatoms. The molecule has 0 aromatic heterocycles. The van der Waals surface area contributed by atoms with Gasteiger partial charge in [0.25, 0.3) is 0 Å². The highest BCUT2D eigenvalue weighted by atomic mass is 35.5. The van der Waals surface area contributed by atoms with E-state index in [-0.39, 0.29) is 5.02 Å². The number of nitrogen functional groups attached to an aromatic ring is 1. The van der Waals surface area contributed by atoms with Crippen LogP contribution in [0.2, 0.25) is 5.02 Å². The molecule has 3 N–H and O–H groups in total. The van der Waals surface area contributed by atoms with Crippen LogP contribution in [0.3, 0.4) is 0 Å². The van der Waals surface area contributed by atoms with E-state index in [0.717, 1.165) is 17.5 Å². The molecule has 3 rings (SSSR count). The van der Waals surface area contributed by atoms with E-state index in [1.165, 1.54) is 31.7 Å². The van der Waals surface area contributed by atoms with Crippen molar-refractivity contribution in [2.24, 2.45) is 17.8 Å². The molecule has 2 aliphatic rings. The lowest BCUT2D eigenvalue weighted by atomic mass is 9.84. The minimum absolute atomic E-state index is 0.122. The smallest absolute Gasteiger partial charge is 0.143 e. The number of rotatable bonds is 3. The van der Waals surface area contributed by atoms with Crippen LogP contribution in [-0.2, 0) is 0 Å². The Morgan fingerprint density at radius 1 is 1.37 bits per heavy atom. The zero-order chi connectivity index (χ0) is 13.6. The fraction of sp³-hybridized carbons (Fsp3) is 0.600. The van der Waals surface area contributed by atoms with Gasteiger partial charge in [-0.2, -0.15) is 0 Å². The van der Waals surface area contributed by atoms with E-state index < -0.39 is 5.82 Å². The van der Waals surface area contributed by atoms with Gasteiger partial charge in [0.05, 0.1) is 16.4 Å². The summed E-state index contributed by atoms with van der Waals surface area (Å²) in [6.45, 7) is 2.20. The van der Waals surface area contributed by atoms with E-state index >= 15 is 0 Å². The summed E-state index contributed by atoms with van der Waals surface area (Å²) >= 11 is 5.82. The maximum absolute atomic E-state index is 13.3. The summed E-state index contributed by atoms with van der Waals surface area (Å²) < 4.78 is 13.3. The lowest BCUT2D eigenvalue weighted by Gasteiger charge is -2.29. The highest BCUT2D eigenvalue weighted by Crippen LogP contribution is 2.50. The number of halogens is 2. The highest BCUT2D eigenvalue weighted by Gasteiger charge is 2.41. The van der Waals surface area contributed by atoms with Gasteiger partial charge in [0.2, 0.25) is 0 Å². The molecule has 0 aliphatic heterocycles. The van der Waals surface area contributed by atoms with Crippen LogP contribution in [0.4, 0.5) is 15.8 Å². The summed E-state index contributed by atoms with van der Waals surface area (Å²) in [4.78, 5) is 0. The molecule has 4 atom stereocenters. The van der Waals surface area contributed by atoms with E-state index in [1.807, 2.05) is 0 Å².